The molecule has 1 fully saturated rings. The summed E-state index contributed by atoms with van der Waals surface area (Å²) in [6.45, 7) is 3.96. The molecule has 1 atom stereocenters. The van der Waals surface area contributed by atoms with Crippen LogP contribution in [-0.4, -0.2) is 36.6 Å². The number of carbonyl (C=O) groups excluding carboxylic acids is 4. The predicted octanol–water partition coefficient (Wildman–Crippen LogP) is 2.79. The van der Waals surface area contributed by atoms with Crippen LogP contribution < -0.4 is 15.1 Å². The highest BCUT2D eigenvalue weighted by Gasteiger charge is 2.36. The maximum absolute atomic E-state index is 12.7. The molecule has 0 saturated carbocycles. The van der Waals surface area contributed by atoms with Gasteiger partial charge in [-0.05, 0) is 49.2 Å². The molecule has 1 unspecified atom stereocenters. The quantitative estimate of drug-likeness (QED) is 0.793. The zero-order valence-corrected chi connectivity index (χ0v) is 17.0. The molecule has 1 saturated heterocycles. The van der Waals surface area contributed by atoms with Crippen molar-refractivity contribution in [1.29, 1.82) is 0 Å². The first kappa shape index (κ1) is 19.8. The number of benzene rings is 2. The van der Waals surface area contributed by atoms with Crippen molar-refractivity contribution in [2.45, 2.75) is 26.7 Å². The van der Waals surface area contributed by atoms with Gasteiger partial charge in [-0.1, -0.05) is 12.1 Å². The topological polar surface area (TPSA) is 86.8 Å². The van der Waals surface area contributed by atoms with Crippen LogP contribution in [-0.2, 0) is 20.8 Å². The third kappa shape index (κ3) is 3.70. The van der Waals surface area contributed by atoms with Gasteiger partial charge in [0, 0.05) is 49.1 Å². The molecule has 3 amide bonds. The number of hydrogen-bond acceptors (Lipinski definition) is 4. The van der Waals surface area contributed by atoms with E-state index in [1.54, 1.807) is 41.0 Å². The van der Waals surface area contributed by atoms with Crippen LogP contribution in [0.4, 0.5) is 17.1 Å². The molecule has 30 heavy (non-hydrogen) atoms. The monoisotopic (exact) mass is 405 g/mol. The fourth-order valence-electron chi connectivity index (χ4n) is 4.08. The highest BCUT2D eigenvalue weighted by Crippen LogP contribution is 2.34. The first-order valence-electron chi connectivity index (χ1n) is 9.97. The number of hydrogen-bond donors (Lipinski definition) is 1. The van der Waals surface area contributed by atoms with Gasteiger partial charge in [0.15, 0.2) is 5.78 Å². The molecule has 1 N–H and O–H groups in total. The molecule has 2 aliphatic heterocycles. The molecular weight excluding hydrogens is 382 g/mol. The number of nitrogens with one attached hydrogen (secondary N) is 1. The molecule has 0 radical (unpaired) electrons. The molecule has 2 aromatic carbocycles. The lowest BCUT2D eigenvalue weighted by Gasteiger charge is -2.19. The largest absolute Gasteiger partial charge is 0.326 e. The lowest BCUT2D eigenvalue weighted by molar-refractivity contribution is -0.122. The number of fused-ring (bicyclic) bond motifs is 1. The molecule has 7 nitrogen and oxygen atoms in total. The summed E-state index contributed by atoms with van der Waals surface area (Å²) in [7, 11) is 0. The summed E-state index contributed by atoms with van der Waals surface area (Å²) in [5.74, 6) is -0.887. The summed E-state index contributed by atoms with van der Waals surface area (Å²) < 4.78 is 0. The number of ketones is 1. The lowest BCUT2D eigenvalue weighted by Crippen LogP contribution is -2.28. The van der Waals surface area contributed by atoms with E-state index < -0.39 is 5.92 Å². The second kappa shape index (κ2) is 7.74. The average molecular weight is 405 g/mol. The maximum atomic E-state index is 12.7. The molecule has 0 bridgehead atoms. The molecule has 154 valence electrons. The van der Waals surface area contributed by atoms with Crippen LogP contribution in [0.25, 0.3) is 0 Å². The van der Waals surface area contributed by atoms with Crippen LogP contribution in [0.2, 0.25) is 0 Å². The average Bonchev–Trinajstić information content (AvgIpc) is 3.31. The van der Waals surface area contributed by atoms with Gasteiger partial charge >= 0.3 is 0 Å². The third-order valence-electron chi connectivity index (χ3n) is 5.68. The SMILES string of the molecule is CC(=O)c1cccc(NC(=O)C2CC(=O)N(c3ccc4c(c3)CCN4C(C)=O)C2)c1. The third-order valence-corrected chi connectivity index (χ3v) is 5.68. The van der Waals surface area contributed by atoms with Crippen LogP contribution in [0.15, 0.2) is 42.5 Å². The van der Waals surface area contributed by atoms with Crippen LogP contribution >= 0.6 is 0 Å². The first-order valence-corrected chi connectivity index (χ1v) is 9.97. The Kier molecular flexibility index (Phi) is 5.11. The van der Waals surface area contributed by atoms with Gasteiger partial charge in [0.1, 0.15) is 0 Å². The van der Waals surface area contributed by atoms with E-state index in [1.807, 2.05) is 18.2 Å². The number of rotatable bonds is 4. The lowest BCUT2D eigenvalue weighted by atomic mass is 10.1. The summed E-state index contributed by atoms with van der Waals surface area (Å²) in [6.07, 6.45) is 0.885. The Morgan fingerprint density at radius 2 is 1.87 bits per heavy atom. The standard InChI is InChI=1S/C23H23N3O4/c1-14(27)16-4-3-5-19(10-16)24-23(30)18-12-22(29)26(13-18)20-6-7-21-17(11-20)8-9-25(21)15(2)28/h3-7,10-11,18H,8-9,12-13H2,1-2H3,(H,24,30). The van der Waals surface area contributed by atoms with Gasteiger partial charge in [0.2, 0.25) is 17.7 Å². The van der Waals surface area contributed by atoms with E-state index in [1.165, 1.54) is 6.92 Å². The minimum Gasteiger partial charge on any atom is -0.326 e. The number of carbonyl (C=O) groups is 4. The Bertz CT molecular complexity index is 1060. The van der Waals surface area contributed by atoms with Crippen molar-refractivity contribution >= 4 is 40.6 Å². The summed E-state index contributed by atoms with van der Waals surface area (Å²) in [6, 6.07) is 12.4. The van der Waals surface area contributed by atoms with E-state index in [-0.39, 0.29) is 29.9 Å². The van der Waals surface area contributed by atoms with Crippen LogP contribution in [0.3, 0.4) is 0 Å². The van der Waals surface area contributed by atoms with Gasteiger partial charge < -0.3 is 15.1 Å². The van der Waals surface area contributed by atoms with Gasteiger partial charge in [-0.15, -0.1) is 0 Å². The fraction of sp³-hybridized carbons (Fsp3) is 0.304. The minimum atomic E-state index is -0.472. The Morgan fingerprint density at radius 1 is 1.07 bits per heavy atom. The second-order valence-electron chi connectivity index (χ2n) is 7.77. The Hall–Kier alpha value is -3.48. The van der Waals surface area contributed by atoms with Crippen molar-refractivity contribution in [2.75, 3.05) is 28.2 Å². The Morgan fingerprint density at radius 3 is 2.60 bits per heavy atom. The molecule has 4 rings (SSSR count). The highest BCUT2D eigenvalue weighted by molar-refractivity contribution is 6.04. The molecule has 0 spiro atoms. The van der Waals surface area contributed by atoms with E-state index in [0.29, 0.717) is 24.3 Å². The van der Waals surface area contributed by atoms with Crippen LogP contribution in [0, 0.1) is 5.92 Å². The van der Waals surface area contributed by atoms with Gasteiger partial charge in [-0.25, -0.2) is 0 Å². The van der Waals surface area contributed by atoms with Crippen LogP contribution in [0.1, 0.15) is 36.2 Å². The van der Waals surface area contributed by atoms with Crippen molar-refractivity contribution in [1.82, 2.24) is 0 Å². The summed E-state index contributed by atoms with van der Waals surface area (Å²) >= 11 is 0. The second-order valence-corrected chi connectivity index (χ2v) is 7.77. The first-order chi connectivity index (χ1) is 14.3. The molecule has 7 heteroatoms. The molecule has 2 heterocycles. The van der Waals surface area contributed by atoms with E-state index >= 15 is 0 Å². The fourth-order valence-corrected chi connectivity index (χ4v) is 4.08. The maximum Gasteiger partial charge on any atom is 0.229 e. The normalized spacial score (nSPS) is 17.8. The molecule has 2 aromatic rings. The molecular formula is C23H23N3O4. The van der Waals surface area contributed by atoms with Gasteiger partial charge in [-0.3, -0.25) is 19.2 Å². The van der Waals surface area contributed by atoms with Crippen molar-refractivity contribution in [3.05, 3.63) is 53.6 Å². The van der Waals surface area contributed by atoms with E-state index in [2.05, 4.69) is 5.32 Å². The highest BCUT2D eigenvalue weighted by atomic mass is 16.2. The Balaban J connectivity index is 1.47. The van der Waals surface area contributed by atoms with E-state index in [4.69, 9.17) is 0 Å². The number of anilines is 3. The van der Waals surface area contributed by atoms with Crippen LogP contribution in [0.5, 0.6) is 0 Å². The molecule has 0 aliphatic carbocycles. The van der Waals surface area contributed by atoms with Gasteiger partial charge in [0.25, 0.3) is 0 Å². The summed E-state index contributed by atoms with van der Waals surface area (Å²) in [5.41, 5.74) is 3.73. The molecule has 0 aromatic heterocycles. The summed E-state index contributed by atoms with van der Waals surface area (Å²) in [5, 5.41) is 2.82. The summed E-state index contributed by atoms with van der Waals surface area (Å²) in [4.78, 5) is 51.9. The molecule has 2 aliphatic rings. The zero-order valence-electron chi connectivity index (χ0n) is 17.0. The van der Waals surface area contributed by atoms with Crippen molar-refractivity contribution in [3.63, 3.8) is 0 Å². The predicted molar refractivity (Wildman–Crippen MR) is 114 cm³/mol. The Labute approximate surface area is 174 Å². The number of amides is 3. The number of Topliss-reactive ketones (excluding diaryl/α,β-unsaturated/α-hetero) is 1. The van der Waals surface area contributed by atoms with E-state index in [9.17, 15) is 19.2 Å². The van der Waals surface area contributed by atoms with Crippen molar-refractivity contribution < 1.29 is 19.2 Å². The zero-order chi connectivity index (χ0) is 21.4. The minimum absolute atomic E-state index is 0.00401. The van der Waals surface area contributed by atoms with E-state index in [0.717, 1.165) is 23.4 Å². The van der Waals surface area contributed by atoms with Gasteiger partial charge in [0.05, 0.1) is 5.92 Å². The smallest absolute Gasteiger partial charge is 0.229 e. The van der Waals surface area contributed by atoms with Gasteiger partial charge in [-0.2, -0.15) is 0 Å². The van der Waals surface area contributed by atoms with Crippen molar-refractivity contribution in [3.8, 4) is 0 Å². The van der Waals surface area contributed by atoms with Crippen molar-refractivity contribution in [2.24, 2.45) is 5.92 Å². The number of nitrogens with zero attached hydrogens (tertiary/aromatic N) is 2.